The van der Waals surface area contributed by atoms with Gasteiger partial charge >= 0.3 is 0 Å². The van der Waals surface area contributed by atoms with Gasteiger partial charge in [-0.3, -0.25) is 4.79 Å². The number of hydrogen-bond donors (Lipinski definition) is 2. The van der Waals surface area contributed by atoms with E-state index in [1.807, 2.05) is 18.2 Å². The highest BCUT2D eigenvalue weighted by Gasteiger charge is 2.11. The molecule has 4 aromatic rings. The normalized spacial score (nSPS) is 10.7. The van der Waals surface area contributed by atoms with Crippen molar-refractivity contribution in [2.75, 3.05) is 25.5 Å². The molecule has 2 N–H and O–H groups in total. The summed E-state index contributed by atoms with van der Waals surface area (Å²) < 4.78 is 6.94. The van der Waals surface area contributed by atoms with Gasteiger partial charge < -0.3 is 15.4 Å². The third-order valence-electron chi connectivity index (χ3n) is 4.92. The van der Waals surface area contributed by atoms with Gasteiger partial charge in [0.05, 0.1) is 25.2 Å². The van der Waals surface area contributed by atoms with Gasteiger partial charge in [-0.1, -0.05) is 36.4 Å². The van der Waals surface area contributed by atoms with E-state index in [9.17, 15) is 4.79 Å². The van der Waals surface area contributed by atoms with Crippen LogP contribution in [0.1, 0.15) is 15.9 Å². The minimum absolute atomic E-state index is 0.159. The Hall–Kier alpha value is -3.94. The predicted octanol–water partition coefficient (Wildman–Crippen LogP) is 2.92. The Morgan fingerprint density at radius 2 is 1.94 bits per heavy atom. The van der Waals surface area contributed by atoms with Gasteiger partial charge in [0.15, 0.2) is 5.65 Å². The molecule has 0 bridgehead atoms. The maximum Gasteiger partial charge on any atom is 0.251 e. The zero-order valence-electron chi connectivity index (χ0n) is 17.3. The number of methoxy groups -OCH3 is 1. The lowest BCUT2D eigenvalue weighted by atomic mass is 10.1. The van der Waals surface area contributed by atoms with Gasteiger partial charge in [-0.25, -0.2) is 14.6 Å². The number of fused-ring (bicyclic) bond motifs is 1. The molecule has 0 atom stereocenters. The van der Waals surface area contributed by atoms with E-state index >= 15 is 0 Å². The quantitative estimate of drug-likeness (QED) is 0.436. The van der Waals surface area contributed by atoms with Gasteiger partial charge in [0.1, 0.15) is 17.9 Å². The van der Waals surface area contributed by atoms with E-state index in [4.69, 9.17) is 4.74 Å². The SMILES string of the molecule is COc1cccc(C(=O)NCCn2ncc3c(NCCc4ccccc4)ncnc32)c1. The molecule has 2 aromatic carbocycles. The van der Waals surface area contributed by atoms with Crippen LogP contribution >= 0.6 is 0 Å². The highest BCUT2D eigenvalue weighted by Crippen LogP contribution is 2.18. The summed E-state index contributed by atoms with van der Waals surface area (Å²) >= 11 is 0. The van der Waals surface area contributed by atoms with Crippen molar-refractivity contribution in [3.63, 3.8) is 0 Å². The Morgan fingerprint density at radius 3 is 2.77 bits per heavy atom. The Balaban J connectivity index is 1.35. The smallest absolute Gasteiger partial charge is 0.251 e. The number of carbonyl (C=O) groups is 1. The summed E-state index contributed by atoms with van der Waals surface area (Å²) in [5.74, 6) is 1.25. The molecule has 0 saturated heterocycles. The van der Waals surface area contributed by atoms with Crippen LogP contribution in [-0.2, 0) is 13.0 Å². The molecular formula is C23H24N6O2. The van der Waals surface area contributed by atoms with Gasteiger partial charge in [0.25, 0.3) is 5.91 Å². The van der Waals surface area contributed by atoms with Crippen LogP contribution in [-0.4, -0.2) is 45.9 Å². The van der Waals surface area contributed by atoms with Gasteiger partial charge in [0.2, 0.25) is 0 Å². The first kappa shape index (κ1) is 20.3. The summed E-state index contributed by atoms with van der Waals surface area (Å²) in [5, 5.41) is 11.6. The average Bonchev–Trinajstić information content (AvgIpc) is 3.23. The number of anilines is 1. The number of benzene rings is 2. The predicted molar refractivity (Wildman–Crippen MR) is 119 cm³/mol. The molecule has 0 aliphatic rings. The molecule has 0 spiro atoms. The van der Waals surface area contributed by atoms with E-state index in [0.717, 1.165) is 29.8 Å². The monoisotopic (exact) mass is 416 g/mol. The lowest BCUT2D eigenvalue weighted by molar-refractivity contribution is 0.0951. The average molecular weight is 416 g/mol. The zero-order valence-corrected chi connectivity index (χ0v) is 17.3. The first-order chi connectivity index (χ1) is 15.2. The number of hydrogen-bond acceptors (Lipinski definition) is 6. The van der Waals surface area contributed by atoms with E-state index in [1.54, 1.807) is 42.3 Å². The summed E-state index contributed by atoms with van der Waals surface area (Å²) in [6.45, 7) is 1.69. The maximum atomic E-state index is 12.4. The first-order valence-electron chi connectivity index (χ1n) is 10.1. The molecule has 0 saturated carbocycles. The Morgan fingerprint density at radius 1 is 1.06 bits per heavy atom. The first-order valence-corrected chi connectivity index (χ1v) is 10.1. The number of nitrogens with zero attached hydrogens (tertiary/aromatic N) is 4. The van der Waals surface area contributed by atoms with E-state index in [1.165, 1.54) is 11.9 Å². The van der Waals surface area contributed by atoms with Crippen molar-refractivity contribution in [3.8, 4) is 5.75 Å². The third-order valence-corrected chi connectivity index (χ3v) is 4.92. The minimum Gasteiger partial charge on any atom is -0.497 e. The van der Waals surface area contributed by atoms with Crippen LogP contribution in [0, 0.1) is 0 Å². The molecule has 0 unspecified atom stereocenters. The highest BCUT2D eigenvalue weighted by atomic mass is 16.5. The number of amides is 1. The lowest BCUT2D eigenvalue weighted by Crippen LogP contribution is -2.27. The van der Waals surface area contributed by atoms with Gasteiger partial charge in [-0.15, -0.1) is 0 Å². The van der Waals surface area contributed by atoms with Crippen LogP contribution in [0.5, 0.6) is 5.75 Å². The van der Waals surface area contributed by atoms with Crippen molar-refractivity contribution >= 4 is 22.8 Å². The largest absolute Gasteiger partial charge is 0.497 e. The number of rotatable bonds is 9. The molecule has 158 valence electrons. The minimum atomic E-state index is -0.159. The number of aromatic nitrogens is 4. The molecule has 0 radical (unpaired) electrons. The van der Waals surface area contributed by atoms with Crippen LogP contribution in [0.25, 0.3) is 11.0 Å². The van der Waals surface area contributed by atoms with Crippen molar-refractivity contribution in [1.29, 1.82) is 0 Å². The van der Waals surface area contributed by atoms with E-state index in [2.05, 4.69) is 37.8 Å². The summed E-state index contributed by atoms with van der Waals surface area (Å²) in [7, 11) is 1.58. The molecular weight excluding hydrogens is 392 g/mol. The molecule has 0 aliphatic heterocycles. The van der Waals surface area contributed by atoms with Gasteiger partial charge in [-0.05, 0) is 30.2 Å². The van der Waals surface area contributed by atoms with Crippen molar-refractivity contribution in [2.24, 2.45) is 0 Å². The second-order valence-electron chi connectivity index (χ2n) is 6.98. The molecule has 8 nitrogen and oxygen atoms in total. The Kier molecular flexibility index (Phi) is 6.37. The van der Waals surface area contributed by atoms with Gasteiger partial charge in [0, 0.05) is 18.7 Å². The summed E-state index contributed by atoms with van der Waals surface area (Å²) in [6, 6.07) is 17.4. The van der Waals surface area contributed by atoms with Crippen LogP contribution in [0.4, 0.5) is 5.82 Å². The summed E-state index contributed by atoms with van der Waals surface area (Å²) in [4.78, 5) is 21.1. The van der Waals surface area contributed by atoms with E-state index in [-0.39, 0.29) is 5.91 Å². The Bertz CT molecular complexity index is 1160. The van der Waals surface area contributed by atoms with Crippen molar-refractivity contribution in [1.82, 2.24) is 25.1 Å². The molecule has 8 heteroatoms. The third kappa shape index (κ3) is 4.98. The molecule has 4 rings (SSSR count). The van der Waals surface area contributed by atoms with Crippen molar-refractivity contribution in [3.05, 3.63) is 78.2 Å². The molecule has 31 heavy (non-hydrogen) atoms. The number of nitrogens with one attached hydrogen (secondary N) is 2. The molecule has 2 heterocycles. The second-order valence-corrected chi connectivity index (χ2v) is 6.98. The van der Waals surface area contributed by atoms with E-state index < -0.39 is 0 Å². The fourth-order valence-corrected chi connectivity index (χ4v) is 3.31. The maximum absolute atomic E-state index is 12.4. The molecule has 0 aliphatic carbocycles. The molecule has 0 fully saturated rings. The van der Waals surface area contributed by atoms with E-state index in [0.29, 0.717) is 24.4 Å². The summed E-state index contributed by atoms with van der Waals surface area (Å²) in [6.07, 6.45) is 4.18. The number of ether oxygens (including phenoxy) is 1. The second kappa shape index (κ2) is 9.71. The van der Waals surface area contributed by atoms with Crippen molar-refractivity contribution in [2.45, 2.75) is 13.0 Å². The van der Waals surface area contributed by atoms with Crippen LogP contribution in [0.2, 0.25) is 0 Å². The van der Waals surface area contributed by atoms with Crippen molar-refractivity contribution < 1.29 is 9.53 Å². The number of carbonyl (C=O) groups excluding carboxylic acids is 1. The fraction of sp³-hybridized carbons (Fsp3) is 0.217. The zero-order chi connectivity index (χ0) is 21.5. The van der Waals surface area contributed by atoms with Gasteiger partial charge in [-0.2, -0.15) is 5.10 Å². The standard InChI is InChI=1S/C23H24N6O2/c1-31-19-9-5-8-18(14-19)23(30)25-12-13-29-22-20(15-28-29)21(26-16-27-22)24-11-10-17-6-3-2-4-7-17/h2-9,14-16H,10-13H2,1H3,(H,25,30)(H,24,26,27). The summed E-state index contributed by atoms with van der Waals surface area (Å²) in [5.41, 5.74) is 2.55. The fourth-order valence-electron chi connectivity index (χ4n) is 3.31. The topological polar surface area (TPSA) is 94.0 Å². The van der Waals surface area contributed by atoms with Crippen LogP contribution in [0.15, 0.2) is 67.1 Å². The molecule has 1 amide bonds. The Labute approximate surface area is 180 Å². The molecule has 2 aromatic heterocycles. The highest BCUT2D eigenvalue weighted by molar-refractivity contribution is 5.94. The van der Waals surface area contributed by atoms with Crippen LogP contribution in [0.3, 0.4) is 0 Å². The van der Waals surface area contributed by atoms with Crippen LogP contribution < -0.4 is 15.4 Å². The lowest BCUT2D eigenvalue weighted by Gasteiger charge is -2.08.